The van der Waals surface area contributed by atoms with Crippen LogP contribution in [0.5, 0.6) is 0 Å². The second-order valence-corrected chi connectivity index (χ2v) is 11.6. The normalized spacial score (nSPS) is 37.0. The maximum Gasteiger partial charge on any atom is 0.246 e. The van der Waals surface area contributed by atoms with Gasteiger partial charge >= 0.3 is 0 Å². The van der Waals surface area contributed by atoms with Crippen LogP contribution in [0, 0.1) is 29.5 Å². The number of nitrogens with one attached hydrogen (secondary N) is 2. The summed E-state index contributed by atoms with van der Waals surface area (Å²) in [5.74, 6) is -2.29. The molecule has 1 aliphatic carbocycles. The average molecular weight is 532 g/mol. The topological polar surface area (TPSA) is 87.7 Å². The van der Waals surface area contributed by atoms with Crippen LogP contribution >= 0.6 is 11.6 Å². The van der Waals surface area contributed by atoms with Gasteiger partial charge in [-0.2, -0.15) is 0 Å². The van der Waals surface area contributed by atoms with Gasteiger partial charge in [-0.05, 0) is 49.8 Å². The largest absolute Gasteiger partial charge is 0.359 e. The van der Waals surface area contributed by atoms with Crippen molar-refractivity contribution in [3.8, 4) is 0 Å². The van der Waals surface area contributed by atoms with Crippen molar-refractivity contribution in [2.75, 3.05) is 5.32 Å². The molecule has 2 N–H and O–H groups in total. The maximum atomic E-state index is 13.9. The summed E-state index contributed by atoms with van der Waals surface area (Å²) >= 11 is 5.89. The van der Waals surface area contributed by atoms with E-state index in [0.717, 1.165) is 19.3 Å². The molecule has 9 heteroatoms. The van der Waals surface area contributed by atoms with Crippen molar-refractivity contribution in [1.29, 1.82) is 0 Å². The minimum absolute atomic E-state index is 0.0329. The molecule has 200 valence electrons. The summed E-state index contributed by atoms with van der Waals surface area (Å²) in [6.07, 6.45) is 6.74. The van der Waals surface area contributed by atoms with Gasteiger partial charge in [0.2, 0.25) is 17.7 Å². The van der Waals surface area contributed by atoms with Gasteiger partial charge in [-0.1, -0.05) is 57.4 Å². The van der Waals surface area contributed by atoms with E-state index in [0.29, 0.717) is 23.9 Å². The molecule has 37 heavy (non-hydrogen) atoms. The molecule has 1 aromatic rings. The van der Waals surface area contributed by atoms with Crippen LogP contribution in [0.3, 0.4) is 0 Å². The van der Waals surface area contributed by atoms with Gasteiger partial charge < -0.3 is 20.3 Å². The zero-order valence-corrected chi connectivity index (χ0v) is 22.4. The van der Waals surface area contributed by atoms with E-state index < -0.39 is 41.3 Å². The van der Waals surface area contributed by atoms with Crippen LogP contribution in [0.1, 0.15) is 53.4 Å². The van der Waals surface area contributed by atoms with Gasteiger partial charge in [-0.3, -0.25) is 14.4 Å². The lowest BCUT2D eigenvalue weighted by Gasteiger charge is -2.39. The number of ether oxygens (including phenoxy) is 1. The molecule has 7 nitrogen and oxygen atoms in total. The molecule has 2 saturated heterocycles. The highest BCUT2D eigenvalue weighted by atomic mass is 35.5. The Bertz CT molecular complexity index is 1140. The Morgan fingerprint density at radius 2 is 2.03 bits per heavy atom. The lowest BCUT2D eigenvalue weighted by molar-refractivity contribution is -0.144. The first-order valence-corrected chi connectivity index (χ1v) is 13.7. The third-order valence-electron chi connectivity index (χ3n) is 9.15. The molecule has 3 fully saturated rings. The van der Waals surface area contributed by atoms with Crippen molar-refractivity contribution in [3.05, 3.63) is 41.2 Å². The Hall–Kier alpha value is -2.45. The number of amides is 3. The highest BCUT2D eigenvalue weighted by Crippen LogP contribution is 2.56. The predicted octanol–water partition coefficient (Wildman–Crippen LogP) is 4.31. The molecule has 4 aliphatic rings. The van der Waals surface area contributed by atoms with Crippen molar-refractivity contribution in [3.63, 3.8) is 0 Å². The molecule has 3 aliphatic heterocycles. The number of carbonyl (C=O) groups excluding carboxylic acids is 3. The van der Waals surface area contributed by atoms with Crippen LogP contribution in [-0.2, 0) is 19.1 Å². The van der Waals surface area contributed by atoms with Gasteiger partial charge in [0.15, 0.2) is 0 Å². The predicted molar refractivity (Wildman–Crippen MR) is 138 cm³/mol. The lowest BCUT2D eigenvalue weighted by Crippen LogP contribution is -2.59. The lowest BCUT2D eigenvalue weighted by atomic mass is 9.73. The Labute approximate surface area is 222 Å². The molecular formula is C28H35ClFN3O4. The van der Waals surface area contributed by atoms with E-state index in [2.05, 4.69) is 24.5 Å². The Morgan fingerprint density at radius 3 is 2.73 bits per heavy atom. The Kier molecular flexibility index (Phi) is 6.86. The number of fused-ring (bicyclic) bond motifs is 1. The number of carbonyl (C=O) groups is 3. The summed E-state index contributed by atoms with van der Waals surface area (Å²) in [6, 6.07) is 2.90. The standard InChI is InChI=1S/C28H35ClFN3O4/c1-5-15(3)33-24(26(35)32-20-8-6-7-14(2)16(20)4)28-12-11-21(37-28)22(23(28)27(33)36)25(34)31-17-9-10-19(30)18(29)13-17/h9-16,20-24H,5-8H2,1-4H3,(H,31,34)(H,32,35). The van der Waals surface area contributed by atoms with E-state index in [1.54, 1.807) is 11.0 Å². The first-order valence-electron chi connectivity index (χ1n) is 13.3. The number of halogens is 2. The highest BCUT2D eigenvalue weighted by molar-refractivity contribution is 6.31. The molecule has 1 saturated carbocycles. The maximum absolute atomic E-state index is 13.9. The monoisotopic (exact) mass is 531 g/mol. The average Bonchev–Trinajstić information content (AvgIpc) is 3.51. The van der Waals surface area contributed by atoms with Gasteiger partial charge in [0, 0.05) is 17.8 Å². The van der Waals surface area contributed by atoms with Crippen molar-refractivity contribution >= 4 is 35.0 Å². The number of benzene rings is 1. The zero-order valence-electron chi connectivity index (χ0n) is 21.7. The molecule has 2 bridgehead atoms. The first-order chi connectivity index (χ1) is 17.6. The van der Waals surface area contributed by atoms with Gasteiger partial charge in [-0.25, -0.2) is 4.39 Å². The number of hydrogen-bond acceptors (Lipinski definition) is 4. The molecule has 1 spiro atoms. The third kappa shape index (κ3) is 4.16. The first kappa shape index (κ1) is 26.2. The van der Waals surface area contributed by atoms with E-state index in [1.165, 1.54) is 18.2 Å². The molecule has 1 aromatic carbocycles. The minimum atomic E-state index is -1.21. The van der Waals surface area contributed by atoms with Crippen molar-refractivity contribution in [2.24, 2.45) is 23.7 Å². The second kappa shape index (κ2) is 9.70. The smallest absolute Gasteiger partial charge is 0.246 e. The van der Waals surface area contributed by atoms with Gasteiger partial charge in [0.05, 0.1) is 23.0 Å². The van der Waals surface area contributed by atoms with E-state index >= 15 is 0 Å². The summed E-state index contributed by atoms with van der Waals surface area (Å²) < 4.78 is 20.0. The van der Waals surface area contributed by atoms with Crippen LogP contribution in [-0.4, -0.2) is 52.5 Å². The number of likely N-dealkylation sites (tertiary alicyclic amines) is 1. The fraction of sp³-hybridized carbons (Fsp3) is 0.607. The van der Waals surface area contributed by atoms with Gasteiger partial charge in [0.25, 0.3) is 0 Å². The van der Waals surface area contributed by atoms with Crippen LogP contribution in [0.4, 0.5) is 10.1 Å². The number of rotatable bonds is 6. The van der Waals surface area contributed by atoms with Crippen LogP contribution in [0.15, 0.2) is 30.4 Å². The quantitative estimate of drug-likeness (QED) is 0.536. The van der Waals surface area contributed by atoms with Gasteiger partial charge in [0.1, 0.15) is 17.5 Å². The molecule has 3 heterocycles. The van der Waals surface area contributed by atoms with Crippen molar-refractivity contribution in [1.82, 2.24) is 10.2 Å². The fourth-order valence-corrected chi connectivity index (χ4v) is 6.90. The minimum Gasteiger partial charge on any atom is -0.359 e. The van der Waals surface area contributed by atoms with E-state index in [4.69, 9.17) is 16.3 Å². The second-order valence-electron chi connectivity index (χ2n) is 11.2. The van der Waals surface area contributed by atoms with Crippen LogP contribution in [0.25, 0.3) is 0 Å². The molecule has 5 rings (SSSR count). The van der Waals surface area contributed by atoms with Crippen molar-refractivity contribution < 1.29 is 23.5 Å². The molecular weight excluding hydrogens is 497 g/mol. The number of anilines is 1. The zero-order chi connectivity index (χ0) is 26.6. The van der Waals surface area contributed by atoms with E-state index in [-0.39, 0.29) is 28.9 Å². The van der Waals surface area contributed by atoms with Crippen LogP contribution < -0.4 is 10.6 Å². The number of nitrogens with zero attached hydrogens (tertiary/aromatic N) is 1. The van der Waals surface area contributed by atoms with Crippen LogP contribution in [0.2, 0.25) is 5.02 Å². The molecule has 9 atom stereocenters. The Balaban J connectivity index is 1.45. The Morgan fingerprint density at radius 1 is 1.27 bits per heavy atom. The summed E-state index contributed by atoms with van der Waals surface area (Å²) in [5.41, 5.74) is -0.877. The summed E-state index contributed by atoms with van der Waals surface area (Å²) in [6.45, 7) is 8.28. The van der Waals surface area contributed by atoms with E-state index in [1.807, 2.05) is 19.9 Å². The molecule has 3 amide bonds. The summed E-state index contributed by atoms with van der Waals surface area (Å²) in [4.78, 5) is 43.0. The van der Waals surface area contributed by atoms with Gasteiger partial charge in [-0.15, -0.1) is 0 Å². The van der Waals surface area contributed by atoms with Crippen molar-refractivity contribution in [2.45, 2.75) is 83.2 Å². The summed E-state index contributed by atoms with van der Waals surface area (Å²) in [7, 11) is 0. The molecule has 0 radical (unpaired) electrons. The van der Waals surface area contributed by atoms with E-state index in [9.17, 15) is 18.8 Å². The molecule has 9 unspecified atom stereocenters. The SMILES string of the molecule is CCC(C)N1C(=O)C2C(C(=O)Nc3ccc(F)c(Cl)c3)C3C=CC2(O3)C1C(=O)NC1CCCC(C)C1C. The number of hydrogen-bond donors (Lipinski definition) is 2. The molecule has 0 aromatic heterocycles. The summed E-state index contributed by atoms with van der Waals surface area (Å²) in [5, 5.41) is 5.92. The third-order valence-corrected chi connectivity index (χ3v) is 9.44. The fourth-order valence-electron chi connectivity index (χ4n) is 6.72. The highest BCUT2D eigenvalue weighted by Gasteiger charge is 2.73.